The monoisotopic (exact) mass is 204 g/mol. The molecule has 2 nitrogen and oxygen atoms in total. The minimum Gasteiger partial charge on any atom is -0.396 e. The standard InChI is InChI=1S/C6H6BrFN2/c1-3-2-4(8)10-6(7)5(3)9/h2H,9H2,1H3. The van der Waals surface area contributed by atoms with Crippen molar-refractivity contribution in [1.82, 2.24) is 4.98 Å². The summed E-state index contributed by atoms with van der Waals surface area (Å²) in [5, 5.41) is 0. The van der Waals surface area contributed by atoms with Crippen molar-refractivity contribution in [3.05, 3.63) is 22.2 Å². The number of nitrogens with zero attached hydrogens (tertiary/aromatic N) is 1. The molecule has 0 bridgehead atoms. The molecule has 4 heteroatoms. The molecule has 2 N–H and O–H groups in total. The molecule has 1 aromatic rings. The Balaban J connectivity index is 3.31. The van der Waals surface area contributed by atoms with Gasteiger partial charge in [-0.1, -0.05) is 0 Å². The van der Waals surface area contributed by atoms with E-state index in [2.05, 4.69) is 20.9 Å². The van der Waals surface area contributed by atoms with Gasteiger partial charge in [-0.15, -0.1) is 0 Å². The normalized spacial score (nSPS) is 9.90. The Labute approximate surface area is 66.4 Å². The number of rotatable bonds is 0. The van der Waals surface area contributed by atoms with Gasteiger partial charge in [0.05, 0.1) is 5.69 Å². The van der Waals surface area contributed by atoms with Gasteiger partial charge in [-0.3, -0.25) is 0 Å². The minimum atomic E-state index is -0.515. The highest BCUT2D eigenvalue weighted by Crippen LogP contribution is 2.20. The predicted molar refractivity (Wildman–Crippen MR) is 41.0 cm³/mol. The SMILES string of the molecule is Cc1cc(F)nc(Br)c1N. The molecular weight excluding hydrogens is 199 g/mol. The van der Waals surface area contributed by atoms with E-state index >= 15 is 0 Å². The third-order valence-electron chi connectivity index (χ3n) is 1.19. The van der Waals surface area contributed by atoms with Gasteiger partial charge < -0.3 is 5.73 Å². The quantitative estimate of drug-likeness (QED) is 0.656. The molecule has 1 aromatic heterocycles. The Morgan fingerprint density at radius 1 is 1.70 bits per heavy atom. The van der Waals surface area contributed by atoms with Crippen LogP contribution in [0.1, 0.15) is 5.56 Å². The highest BCUT2D eigenvalue weighted by atomic mass is 79.9. The molecule has 0 amide bonds. The van der Waals surface area contributed by atoms with Gasteiger partial charge >= 0.3 is 0 Å². The lowest BCUT2D eigenvalue weighted by atomic mass is 10.3. The summed E-state index contributed by atoms with van der Waals surface area (Å²) in [5.41, 5.74) is 6.66. The third kappa shape index (κ3) is 1.26. The molecule has 0 aliphatic rings. The summed E-state index contributed by atoms with van der Waals surface area (Å²) in [7, 11) is 0. The molecule has 0 saturated carbocycles. The predicted octanol–water partition coefficient (Wildman–Crippen LogP) is 1.87. The number of nitrogens with two attached hydrogens (primary N) is 1. The first-order valence-corrected chi connectivity index (χ1v) is 3.48. The average Bonchev–Trinajstić information content (AvgIpc) is 1.82. The molecule has 1 rings (SSSR count). The Kier molecular flexibility index (Phi) is 1.89. The lowest BCUT2D eigenvalue weighted by Gasteiger charge is -2.00. The van der Waals surface area contributed by atoms with Crippen molar-refractivity contribution >= 4 is 21.6 Å². The Bertz CT molecular complexity index is 239. The van der Waals surface area contributed by atoms with Gasteiger partial charge in [-0.2, -0.15) is 4.39 Å². The number of aromatic nitrogens is 1. The van der Waals surface area contributed by atoms with Crippen molar-refractivity contribution in [3.63, 3.8) is 0 Å². The smallest absolute Gasteiger partial charge is 0.214 e. The molecule has 0 fully saturated rings. The second-order valence-electron chi connectivity index (χ2n) is 1.97. The average molecular weight is 205 g/mol. The van der Waals surface area contributed by atoms with Crippen LogP contribution in [0.15, 0.2) is 10.7 Å². The second-order valence-corrected chi connectivity index (χ2v) is 2.72. The van der Waals surface area contributed by atoms with Gasteiger partial charge in [0.2, 0.25) is 5.95 Å². The molecule has 0 aliphatic heterocycles. The van der Waals surface area contributed by atoms with Crippen LogP contribution in [0.3, 0.4) is 0 Å². The van der Waals surface area contributed by atoms with E-state index in [9.17, 15) is 4.39 Å². The number of anilines is 1. The van der Waals surface area contributed by atoms with Crippen molar-refractivity contribution in [2.45, 2.75) is 6.92 Å². The third-order valence-corrected chi connectivity index (χ3v) is 1.79. The topological polar surface area (TPSA) is 38.9 Å². The van der Waals surface area contributed by atoms with Gasteiger partial charge in [0, 0.05) is 0 Å². The fraction of sp³-hybridized carbons (Fsp3) is 0.167. The highest BCUT2D eigenvalue weighted by Gasteiger charge is 2.02. The number of hydrogen-bond donors (Lipinski definition) is 1. The van der Waals surface area contributed by atoms with E-state index < -0.39 is 5.95 Å². The zero-order valence-corrected chi connectivity index (χ0v) is 6.94. The molecule has 1 heterocycles. The summed E-state index contributed by atoms with van der Waals surface area (Å²) >= 11 is 3.02. The minimum absolute atomic E-state index is 0.366. The van der Waals surface area contributed by atoms with Gasteiger partial charge in [0.25, 0.3) is 0 Å². The van der Waals surface area contributed by atoms with Crippen LogP contribution in [-0.2, 0) is 0 Å². The van der Waals surface area contributed by atoms with E-state index in [-0.39, 0.29) is 0 Å². The summed E-state index contributed by atoms with van der Waals surface area (Å²) in [6, 6.07) is 1.29. The first kappa shape index (κ1) is 7.47. The van der Waals surface area contributed by atoms with Crippen molar-refractivity contribution in [2.24, 2.45) is 0 Å². The van der Waals surface area contributed by atoms with E-state index in [0.29, 0.717) is 15.9 Å². The van der Waals surface area contributed by atoms with Crippen LogP contribution in [0.2, 0.25) is 0 Å². The Morgan fingerprint density at radius 2 is 2.30 bits per heavy atom. The lowest BCUT2D eigenvalue weighted by molar-refractivity contribution is 0.580. The van der Waals surface area contributed by atoms with Crippen molar-refractivity contribution in [1.29, 1.82) is 0 Å². The molecular formula is C6H6BrFN2. The van der Waals surface area contributed by atoms with E-state index in [0.717, 1.165) is 0 Å². The molecule has 0 aromatic carbocycles. The number of pyridine rings is 1. The fourth-order valence-corrected chi connectivity index (χ4v) is 1.09. The highest BCUT2D eigenvalue weighted by molar-refractivity contribution is 9.10. The largest absolute Gasteiger partial charge is 0.396 e. The number of hydrogen-bond acceptors (Lipinski definition) is 2. The molecule has 0 aliphatic carbocycles. The number of aryl methyl sites for hydroxylation is 1. The molecule has 0 spiro atoms. The van der Waals surface area contributed by atoms with Crippen LogP contribution >= 0.6 is 15.9 Å². The zero-order valence-electron chi connectivity index (χ0n) is 5.36. The van der Waals surface area contributed by atoms with Crippen LogP contribution < -0.4 is 5.73 Å². The first-order valence-electron chi connectivity index (χ1n) is 2.69. The molecule has 10 heavy (non-hydrogen) atoms. The van der Waals surface area contributed by atoms with Gasteiger partial charge in [0.1, 0.15) is 4.60 Å². The molecule has 0 saturated heterocycles. The van der Waals surface area contributed by atoms with Crippen molar-refractivity contribution in [3.8, 4) is 0 Å². The maximum absolute atomic E-state index is 12.4. The second kappa shape index (κ2) is 2.54. The number of halogens is 2. The van der Waals surface area contributed by atoms with Crippen LogP contribution in [0, 0.1) is 12.9 Å². The summed E-state index contributed by atoms with van der Waals surface area (Å²) in [4.78, 5) is 3.46. The Morgan fingerprint density at radius 3 is 2.80 bits per heavy atom. The summed E-state index contributed by atoms with van der Waals surface area (Å²) in [6.45, 7) is 1.73. The van der Waals surface area contributed by atoms with Gasteiger partial charge in [-0.25, -0.2) is 4.98 Å². The van der Waals surface area contributed by atoms with Gasteiger partial charge in [0.15, 0.2) is 0 Å². The van der Waals surface area contributed by atoms with Crippen molar-refractivity contribution < 1.29 is 4.39 Å². The molecule has 0 radical (unpaired) electrons. The molecule has 54 valence electrons. The van der Waals surface area contributed by atoms with E-state index in [1.165, 1.54) is 6.07 Å². The van der Waals surface area contributed by atoms with E-state index in [1.54, 1.807) is 6.92 Å². The van der Waals surface area contributed by atoms with E-state index in [1.807, 2.05) is 0 Å². The first-order chi connectivity index (χ1) is 4.61. The lowest BCUT2D eigenvalue weighted by Crippen LogP contribution is -1.95. The van der Waals surface area contributed by atoms with Gasteiger partial charge in [-0.05, 0) is 34.5 Å². The maximum atomic E-state index is 12.4. The molecule has 0 unspecified atom stereocenters. The number of nitrogen functional groups attached to an aromatic ring is 1. The van der Waals surface area contributed by atoms with E-state index in [4.69, 9.17) is 5.73 Å². The van der Waals surface area contributed by atoms with Crippen molar-refractivity contribution in [2.75, 3.05) is 5.73 Å². The summed E-state index contributed by atoms with van der Waals surface area (Å²) in [5.74, 6) is -0.515. The summed E-state index contributed by atoms with van der Waals surface area (Å²) in [6.07, 6.45) is 0. The van der Waals surface area contributed by atoms with Crippen LogP contribution in [-0.4, -0.2) is 4.98 Å². The fourth-order valence-electron chi connectivity index (χ4n) is 0.605. The Hall–Kier alpha value is -0.640. The summed E-state index contributed by atoms with van der Waals surface area (Å²) < 4.78 is 12.8. The molecule has 0 atom stereocenters. The van der Waals surface area contributed by atoms with Crippen LogP contribution in [0.25, 0.3) is 0 Å². The zero-order chi connectivity index (χ0) is 7.72. The maximum Gasteiger partial charge on any atom is 0.214 e. The van der Waals surface area contributed by atoms with Crippen LogP contribution in [0.4, 0.5) is 10.1 Å². The van der Waals surface area contributed by atoms with Crippen LogP contribution in [0.5, 0.6) is 0 Å².